The number of hydrogen-bond acceptors (Lipinski definition) is 6. The lowest BCUT2D eigenvalue weighted by Gasteiger charge is -2.22. The van der Waals surface area contributed by atoms with E-state index in [1.54, 1.807) is 38.1 Å². The summed E-state index contributed by atoms with van der Waals surface area (Å²) >= 11 is 0. The van der Waals surface area contributed by atoms with Gasteiger partial charge < -0.3 is 14.8 Å². The molecular weight excluding hydrogens is 352 g/mol. The number of imide groups is 1. The molecule has 0 radical (unpaired) electrons. The highest BCUT2D eigenvalue weighted by Crippen LogP contribution is 2.24. The normalized spacial score (nSPS) is 15.4. The summed E-state index contributed by atoms with van der Waals surface area (Å²) in [5.41, 5.74) is -0.604. The number of rotatable bonds is 9. The first kappa shape index (κ1) is 20.4. The number of benzene rings is 1. The maximum absolute atomic E-state index is 12.4. The third kappa shape index (κ3) is 4.45. The van der Waals surface area contributed by atoms with Crippen molar-refractivity contribution in [2.45, 2.75) is 39.2 Å². The Morgan fingerprint density at radius 3 is 2.22 bits per heavy atom. The van der Waals surface area contributed by atoms with Gasteiger partial charge in [-0.2, -0.15) is 0 Å². The van der Waals surface area contributed by atoms with Crippen LogP contribution in [0.2, 0.25) is 0 Å². The van der Waals surface area contributed by atoms with Gasteiger partial charge in [0, 0.05) is 5.56 Å². The highest BCUT2D eigenvalue weighted by atomic mass is 16.5. The highest BCUT2D eigenvalue weighted by molar-refractivity contribution is 6.08. The predicted molar refractivity (Wildman–Crippen MR) is 96.5 cm³/mol. The average Bonchev–Trinajstić information content (AvgIpc) is 2.91. The third-order valence-corrected chi connectivity index (χ3v) is 4.59. The molecule has 146 valence electrons. The minimum absolute atomic E-state index is 0.372. The molecule has 1 aliphatic heterocycles. The monoisotopic (exact) mass is 376 g/mol. The zero-order valence-corrected chi connectivity index (χ0v) is 15.7. The van der Waals surface area contributed by atoms with Gasteiger partial charge in [0.1, 0.15) is 17.8 Å². The Balaban J connectivity index is 1.89. The molecule has 1 saturated heterocycles. The van der Waals surface area contributed by atoms with E-state index in [4.69, 9.17) is 9.47 Å². The number of ketones is 1. The number of urea groups is 1. The molecule has 8 nitrogen and oxygen atoms in total. The molecule has 0 aliphatic carbocycles. The van der Waals surface area contributed by atoms with Crippen molar-refractivity contribution in [2.24, 2.45) is 0 Å². The Hall–Kier alpha value is -2.90. The molecule has 0 unspecified atom stereocenters. The SMILES string of the molecule is CCOc1ccc(C(=O)COC(=O)CN2C(=O)NC(CC)(CC)C2=O)cc1. The van der Waals surface area contributed by atoms with Crippen LogP contribution in [0.1, 0.15) is 44.0 Å². The number of nitrogens with zero attached hydrogens (tertiary/aromatic N) is 1. The van der Waals surface area contributed by atoms with Crippen molar-refractivity contribution in [3.8, 4) is 5.75 Å². The van der Waals surface area contributed by atoms with Crippen molar-refractivity contribution in [3.05, 3.63) is 29.8 Å². The van der Waals surface area contributed by atoms with E-state index in [2.05, 4.69) is 5.32 Å². The van der Waals surface area contributed by atoms with E-state index >= 15 is 0 Å². The van der Waals surface area contributed by atoms with Crippen LogP contribution in [0.3, 0.4) is 0 Å². The van der Waals surface area contributed by atoms with Crippen molar-refractivity contribution in [1.82, 2.24) is 10.2 Å². The lowest BCUT2D eigenvalue weighted by atomic mass is 9.93. The first-order valence-electron chi connectivity index (χ1n) is 8.92. The van der Waals surface area contributed by atoms with Gasteiger partial charge in [-0.25, -0.2) is 4.79 Å². The van der Waals surface area contributed by atoms with E-state index in [1.165, 1.54) is 0 Å². The number of carbonyl (C=O) groups excluding carboxylic acids is 4. The van der Waals surface area contributed by atoms with Crippen molar-refractivity contribution in [2.75, 3.05) is 19.8 Å². The van der Waals surface area contributed by atoms with E-state index in [1.807, 2.05) is 6.92 Å². The van der Waals surface area contributed by atoms with Gasteiger partial charge in [-0.1, -0.05) is 13.8 Å². The Bertz CT molecular complexity index is 724. The minimum atomic E-state index is -0.977. The number of ether oxygens (including phenoxy) is 2. The maximum Gasteiger partial charge on any atom is 0.326 e. The predicted octanol–water partition coefficient (Wildman–Crippen LogP) is 1.92. The first-order valence-corrected chi connectivity index (χ1v) is 8.92. The van der Waals surface area contributed by atoms with Gasteiger partial charge in [-0.15, -0.1) is 0 Å². The summed E-state index contributed by atoms with van der Waals surface area (Å²) in [6.07, 6.45) is 0.853. The number of esters is 1. The number of carbonyl (C=O) groups is 4. The largest absolute Gasteiger partial charge is 0.494 e. The molecule has 0 saturated carbocycles. The summed E-state index contributed by atoms with van der Waals surface area (Å²) in [5.74, 6) is -1.02. The maximum atomic E-state index is 12.4. The molecule has 3 amide bonds. The molecule has 1 aliphatic rings. The second-order valence-electron chi connectivity index (χ2n) is 6.15. The molecule has 1 aromatic rings. The van der Waals surface area contributed by atoms with Gasteiger partial charge in [-0.05, 0) is 44.0 Å². The van der Waals surface area contributed by atoms with E-state index in [0.29, 0.717) is 30.8 Å². The van der Waals surface area contributed by atoms with Gasteiger partial charge >= 0.3 is 12.0 Å². The molecule has 27 heavy (non-hydrogen) atoms. The van der Waals surface area contributed by atoms with Crippen LogP contribution in [-0.4, -0.2) is 53.9 Å². The van der Waals surface area contributed by atoms with Crippen LogP contribution in [0.15, 0.2) is 24.3 Å². The molecule has 1 heterocycles. The molecule has 1 N–H and O–H groups in total. The minimum Gasteiger partial charge on any atom is -0.494 e. The van der Waals surface area contributed by atoms with E-state index in [0.717, 1.165) is 4.90 Å². The number of Topliss-reactive ketones (excluding diaryl/α,β-unsaturated/α-hetero) is 1. The summed E-state index contributed by atoms with van der Waals surface area (Å²) in [5, 5.41) is 2.63. The van der Waals surface area contributed by atoms with Gasteiger partial charge in [-0.3, -0.25) is 19.3 Å². The molecule has 0 atom stereocenters. The van der Waals surface area contributed by atoms with Gasteiger partial charge in [0.2, 0.25) is 0 Å². The second kappa shape index (κ2) is 8.66. The lowest BCUT2D eigenvalue weighted by molar-refractivity contribution is -0.146. The zero-order chi connectivity index (χ0) is 20.0. The van der Waals surface area contributed by atoms with E-state index in [-0.39, 0.29) is 5.78 Å². The van der Waals surface area contributed by atoms with Crippen molar-refractivity contribution in [1.29, 1.82) is 0 Å². The summed E-state index contributed by atoms with van der Waals surface area (Å²) in [6.45, 7) is 4.96. The summed E-state index contributed by atoms with van der Waals surface area (Å²) < 4.78 is 10.2. The summed E-state index contributed by atoms with van der Waals surface area (Å²) in [7, 11) is 0. The average molecular weight is 376 g/mol. The molecule has 1 aromatic carbocycles. The molecule has 0 bridgehead atoms. The van der Waals surface area contributed by atoms with Gasteiger partial charge in [0.25, 0.3) is 5.91 Å². The molecule has 0 spiro atoms. The Morgan fingerprint density at radius 1 is 1.07 bits per heavy atom. The van der Waals surface area contributed by atoms with Crippen LogP contribution < -0.4 is 10.1 Å². The van der Waals surface area contributed by atoms with Crippen LogP contribution in [-0.2, 0) is 14.3 Å². The molecule has 2 rings (SSSR count). The molecular formula is C19H24N2O6. The van der Waals surface area contributed by atoms with Crippen LogP contribution in [0, 0.1) is 0 Å². The van der Waals surface area contributed by atoms with Crippen molar-refractivity contribution < 1.29 is 28.7 Å². The Kier molecular flexibility index (Phi) is 6.55. The topological polar surface area (TPSA) is 102 Å². The van der Waals surface area contributed by atoms with Crippen LogP contribution >= 0.6 is 0 Å². The molecule has 0 aromatic heterocycles. The quantitative estimate of drug-likeness (QED) is 0.401. The molecule has 8 heteroatoms. The van der Waals surface area contributed by atoms with Gasteiger partial charge in [0.15, 0.2) is 12.4 Å². The van der Waals surface area contributed by atoms with Crippen LogP contribution in [0.5, 0.6) is 5.75 Å². The smallest absolute Gasteiger partial charge is 0.326 e. The van der Waals surface area contributed by atoms with Crippen molar-refractivity contribution >= 4 is 23.7 Å². The molecule has 1 fully saturated rings. The third-order valence-electron chi connectivity index (χ3n) is 4.59. The summed E-state index contributed by atoms with van der Waals surface area (Å²) in [6, 6.07) is 5.84. The number of nitrogens with one attached hydrogen (secondary N) is 1. The van der Waals surface area contributed by atoms with E-state index < -0.39 is 36.6 Å². The van der Waals surface area contributed by atoms with Crippen LogP contribution in [0.25, 0.3) is 0 Å². The fourth-order valence-electron chi connectivity index (χ4n) is 2.86. The Morgan fingerprint density at radius 2 is 1.70 bits per heavy atom. The zero-order valence-electron chi connectivity index (χ0n) is 15.7. The lowest BCUT2D eigenvalue weighted by Crippen LogP contribution is -2.46. The Labute approximate surface area is 157 Å². The summed E-state index contributed by atoms with van der Waals surface area (Å²) in [4.78, 5) is 49.4. The fourth-order valence-corrected chi connectivity index (χ4v) is 2.86. The van der Waals surface area contributed by atoms with Crippen molar-refractivity contribution in [3.63, 3.8) is 0 Å². The second-order valence-corrected chi connectivity index (χ2v) is 6.15. The fraction of sp³-hybridized carbons (Fsp3) is 0.474. The van der Waals surface area contributed by atoms with Crippen LogP contribution in [0.4, 0.5) is 4.79 Å². The van der Waals surface area contributed by atoms with Gasteiger partial charge in [0.05, 0.1) is 6.61 Å². The number of amides is 3. The number of hydrogen-bond donors (Lipinski definition) is 1. The first-order chi connectivity index (χ1) is 12.9. The highest BCUT2D eigenvalue weighted by Gasteiger charge is 2.49. The standard InChI is InChI=1S/C19H24N2O6/c1-4-19(5-2)17(24)21(18(25)20-19)11-16(23)27-12-15(22)13-7-9-14(10-8-13)26-6-3/h7-10H,4-6,11-12H2,1-3H3,(H,20,25). The van der Waals surface area contributed by atoms with E-state index in [9.17, 15) is 19.2 Å².